The maximum absolute atomic E-state index is 12.0. The van der Waals surface area contributed by atoms with Gasteiger partial charge >= 0.3 is 0 Å². The van der Waals surface area contributed by atoms with E-state index in [1.54, 1.807) is 11.8 Å². The first kappa shape index (κ1) is 19.7. The van der Waals surface area contributed by atoms with E-state index in [2.05, 4.69) is 26.1 Å². The molecule has 0 aromatic carbocycles. The van der Waals surface area contributed by atoms with Crippen LogP contribution in [0.4, 0.5) is 0 Å². The zero-order valence-corrected chi connectivity index (χ0v) is 14.4. The monoisotopic (exact) mass is 304 g/mol. The number of carbonyl (C=O) groups is 1. The molecule has 0 aliphatic heterocycles. The van der Waals surface area contributed by atoms with E-state index in [0.29, 0.717) is 18.9 Å². The number of aliphatic hydroxyl groups is 1. The van der Waals surface area contributed by atoms with Gasteiger partial charge in [-0.2, -0.15) is 11.8 Å². The van der Waals surface area contributed by atoms with Gasteiger partial charge in [0.25, 0.3) is 0 Å². The fourth-order valence-corrected chi connectivity index (χ4v) is 3.00. The molecule has 3 unspecified atom stereocenters. The van der Waals surface area contributed by atoms with E-state index in [1.807, 2.05) is 13.2 Å². The van der Waals surface area contributed by atoms with E-state index in [9.17, 15) is 9.90 Å². The van der Waals surface area contributed by atoms with Crippen molar-refractivity contribution in [1.29, 1.82) is 0 Å². The molecule has 0 aromatic rings. The third-order valence-corrected chi connectivity index (χ3v) is 5.05. The highest BCUT2D eigenvalue weighted by Gasteiger charge is 2.25. The van der Waals surface area contributed by atoms with Crippen LogP contribution in [0, 0.1) is 11.3 Å². The first-order valence-corrected chi connectivity index (χ1v) is 8.68. The van der Waals surface area contributed by atoms with Gasteiger partial charge < -0.3 is 16.2 Å². The van der Waals surface area contributed by atoms with Gasteiger partial charge in [0.2, 0.25) is 5.91 Å². The van der Waals surface area contributed by atoms with Crippen LogP contribution in [0.25, 0.3) is 0 Å². The third-order valence-electron chi connectivity index (χ3n) is 3.89. The van der Waals surface area contributed by atoms with Crippen molar-refractivity contribution in [3.63, 3.8) is 0 Å². The smallest absolute Gasteiger partial charge is 0.220 e. The molecule has 1 amide bonds. The molecule has 4 N–H and O–H groups in total. The summed E-state index contributed by atoms with van der Waals surface area (Å²) in [5, 5.41) is 12.3. The molecule has 0 aliphatic carbocycles. The molecule has 3 atom stereocenters. The van der Waals surface area contributed by atoms with Crippen molar-refractivity contribution in [2.45, 2.75) is 58.2 Å². The summed E-state index contributed by atoms with van der Waals surface area (Å²) >= 11 is 1.58. The molecule has 0 radical (unpaired) electrons. The van der Waals surface area contributed by atoms with Gasteiger partial charge in [0, 0.05) is 17.7 Å². The lowest BCUT2D eigenvalue weighted by Gasteiger charge is -2.30. The van der Waals surface area contributed by atoms with E-state index >= 15 is 0 Å². The summed E-state index contributed by atoms with van der Waals surface area (Å²) in [5.74, 6) is 0.527. The Labute approximate surface area is 128 Å². The van der Waals surface area contributed by atoms with Crippen LogP contribution < -0.4 is 11.1 Å². The van der Waals surface area contributed by atoms with Crippen molar-refractivity contribution in [2.24, 2.45) is 17.1 Å². The van der Waals surface area contributed by atoms with E-state index in [0.717, 1.165) is 12.8 Å². The number of thioether (sulfide) groups is 1. The van der Waals surface area contributed by atoms with Crippen LogP contribution in [0.1, 0.15) is 47.0 Å². The zero-order chi connectivity index (χ0) is 15.8. The van der Waals surface area contributed by atoms with E-state index in [4.69, 9.17) is 5.73 Å². The third kappa shape index (κ3) is 7.50. The Hall–Kier alpha value is -0.260. The predicted molar refractivity (Wildman–Crippen MR) is 87.8 cm³/mol. The number of amides is 1. The normalized spacial score (nSPS) is 16.6. The molecule has 0 heterocycles. The molecule has 0 bridgehead atoms. The van der Waals surface area contributed by atoms with Crippen LogP contribution in [0.2, 0.25) is 0 Å². The van der Waals surface area contributed by atoms with Crippen LogP contribution >= 0.6 is 11.8 Å². The number of hydrogen-bond donors (Lipinski definition) is 3. The summed E-state index contributed by atoms with van der Waals surface area (Å²) in [6.07, 6.45) is 4.29. The van der Waals surface area contributed by atoms with Gasteiger partial charge in [-0.15, -0.1) is 0 Å². The molecule has 0 saturated heterocycles. The molecule has 5 heteroatoms. The Kier molecular flexibility index (Phi) is 9.51. The standard InChI is InChI=1S/C15H32N2O2S/c1-11(13(10-18)20-5)17-14(19)7-6-12(8-9-16)15(2,3)4/h11-13,18H,6-10,16H2,1-5H3,(H,17,19). The average molecular weight is 304 g/mol. The molecular weight excluding hydrogens is 272 g/mol. The first-order valence-electron chi connectivity index (χ1n) is 7.39. The quantitative estimate of drug-likeness (QED) is 0.609. The van der Waals surface area contributed by atoms with Crippen molar-refractivity contribution in [3.8, 4) is 0 Å². The Bertz CT molecular complexity index is 276. The second kappa shape index (κ2) is 9.64. The van der Waals surface area contributed by atoms with Crippen LogP contribution in [-0.4, -0.2) is 41.7 Å². The summed E-state index contributed by atoms with van der Waals surface area (Å²) in [6, 6.07) is -0.00917. The van der Waals surface area contributed by atoms with Gasteiger partial charge in [-0.3, -0.25) is 4.79 Å². The van der Waals surface area contributed by atoms with Gasteiger partial charge in [-0.1, -0.05) is 20.8 Å². The van der Waals surface area contributed by atoms with Crippen molar-refractivity contribution in [1.82, 2.24) is 5.32 Å². The molecule has 0 spiro atoms. The van der Waals surface area contributed by atoms with Crippen LogP contribution in [0.5, 0.6) is 0 Å². The van der Waals surface area contributed by atoms with Crippen molar-refractivity contribution in [3.05, 3.63) is 0 Å². The highest BCUT2D eigenvalue weighted by Crippen LogP contribution is 2.32. The molecule has 0 rings (SSSR count). The summed E-state index contributed by atoms with van der Waals surface area (Å²) in [7, 11) is 0. The molecule has 4 nitrogen and oxygen atoms in total. The minimum atomic E-state index is -0.00917. The number of nitrogens with two attached hydrogens (primary N) is 1. The number of nitrogens with one attached hydrogen (secondary N) is 1. The van der Waals surface area contributed by atoms with E-state index < -0.39 is 0 Å². The minimum absolute atomic E-state index is 0.00917. The Morgan fingerprint density at radius 1 is 1.35 bits per heavy atom. The topological polar surface area (TPSA) is 75.3 Å². The molecule has 0 aliphatic rings. The highest BCUT2D eigenvalue weighted by atomic mass is 32.2. The van der Waals surface area contributed by atoms with Gasteiger partial charge in [0.1, 0.15) is 0 Å². The lowest BCUT2D eigenvalue weighted by molar-refractivity contribution is -0.122. The summed E-state index contributed by atoms with van der Waals surface area (Å²) in [6.45, 7) is 9.28. The van der Waals surface area contributed by atoms with Crippen LogP contribution in [-0.2, 0) is 4.79 Å². The highest BCUT2D eigenvalue weighted by molar-refractivity contribution is 7.99. The van der Waals surface area contributed by atoms with Gasteiger partial charge in [0.05, 0.1) is 6.61 Å². The first-order chi connectivity index (χ1) is 9.26. The Morgan fingerprint density at radius 3 is 2.35 bits per heavy atom. The zero-order valence-electron chi connectivity index (χ0n) is 13.6. The molecule has 0 saturated carbocycles. The van der Waals surface area contributed by atoms with Crippen LogP contribution in [0.15, 0.2) is 0 Å². The largest absolute Gasteiger partial charge is 0.395 e. The molecule has 0 fully saturated rings. The van der Waals surface area contributed by atoms with E-state index in [1.165, 1.54) is 0 Å². The van der Waals surface area contributed by atoms with Crippen molar-refractivity contribution in [2.75, 3.05) is 19.4 Å². The molecular formula is C15H32N2O2S. The van der Waals surface area contributed by atoms with Gasteiger partial charge in [-0.05, 0) is 43.9 Å². The molecule has 20 heavy (non-hydrogen) atoms. The van der Waals surface area contributed by atoms with Crippen LogP contribution in [0.3, 0.4) is 0 Å². The SMILES string of the molecule is CSC(CO)C(C)NC(=O)CCC(CCN)C(C)(C)C. The number of carbonyl (C=O) groups excluding carboxylic acids is 1. The minimum Gasteiger partial charge on any atom is -0.395 e. The summed E-state index contributed by atoms with van der Waals surface area (Å²) in [5.41, 5.74) is 5.84. The maximum Gasteiger partial charge on any atom is 0.220 e. The number of rotatable bonds is 9. The average Bonchev–Trinajstić information content (AvgIpc) is 2.34. The molecule has 120 valence electrons. The molecule has 0 aromatic heterocycles. The fourth-order valence-electron chi connectivity index (χ4n) is 2.37. The van der Waals surface area contributed by atoms with Crippen molar-refractivity contribution < 1.29 is 9.90 Å². The lowest BCUT2D eigenvalue weighted by Crippen LogP contribution is -2.41. The second-order valence-corrected chi connectivity index (χ2v) is 7.57. The number of hydrogen-bond acceptors (Lipinski definition) is 4. The Balaban J connectivity index is 4.26. The fraction of sp³-hybridized carbons (Fsp3) is 0.933. The Morgan fingerprint density at radius 2 is 1.95 bits per heavy atom. The predicted octanol–water partition coefficient (Wildman–Crippen LogP) is 2.01. The van der Waals surface area contributed by atoms with E-state index in [-0.39, 0.29) is 29.2 Å². The van der Waals surface area contributed by atoms with Gasteiger partial charge in [-0.25, -0.2) is 0 Å². The maximum atomic E-state index is 12.0. The second-order valence-electron chi connectivity index (χ2n) is 6.49. The number of aliphatic hydroxyl groups excluding tert-OH is 1. The summed E-state index contributed by atoms with van der Waals surface area (Å²) in [4.78, 5) is 12.0. The van der Waals surface area contributed by atoms with Gasteiger partial charge in [0.15, 0.2) is 0 Å². The van der Waals surface area contributed by atoms with Crippen molar-refractivity contribution >= 4 is 17.7 Å². The lowest BCUT2D eigenvalue weighted by atomic mass is 9.76. The summed E-state index contributed by atoms with van der Waals surface area (Å²) < 4.78 is 0.